The highest BCUT2D eigenvalue weighted by Gasteiger charge is 2.12. The number of benzene rings is 1. The Morgan fingerprint density at radius 3 is 2.89 bits per heavy atom. The van der Waals surface area contributed by atoms with Gasteiger partial charge >= 0.3 is 0 Å². The maximum Gasteiger partial charge on any atom is 0.126 e. The molecule has 0 aliphatic carbocycles. The number of fused-ring (bicyclic) bond motifs is 2. The highest BCUT2D eigenvalue weighted by molar-refractivity contribution is 7.21. The summed E-state index contributed by atoms with van der Waals surface area (Å²) < 4.78 is 5.15. The minimum Gasteiger partial charge on any atom is -0.544 e. The molecule has 0 aliphatic rings. The summed E-state index contributed by atoms with van der Waals surface area (Å²) in [6, 6.07) is 7.27. The summed E-state index contributed by atoms with van der Waals surface area (Å²) in [5.74, 6) is -0.565. The number of nitrogens with zero attached hydrogens (tertiary/aromatic N) is 1. The van der Waals surface area contributed by atoms with Crippen LogP contribution in [-0.4, -0.2) is 18.1 Å². The molecule has 3 aromatic rings. The Kier molecular flexibility index (Phi) is 2.53. The van der Waals surface area contributed by atoms with E-state index in [1.54, 1.807) is 13.2 Å². The number of aromatic nitrogens is 1. The van der Waals surface area contributed by atoms with Gasteiger partial charge in [0.2, 0.25) is 0 Å². The molecule has 0 spiro atoms. The van der Waals surface area contributed by atoms with Crippen LogP contribution in [0.4, 0.5) is 5.69 Å². The van der Waals surface area contributed by atoms with E-state index in [2.05, 4.69) is 4.98 Å². The Morgan fingerprint density at radius 1 is 1.42 bits per heavy atom. The van der Waals surface area contributed by atoms with Crippen LogP contribution in [0.25, 0.3) is 21.1 Å². The predicted molar refractivity (Wildman–Crippen MR) is 72.4 cm³/mol. The largest absolute Gasteiger partial charge is 0.544 e. The summed E-state index contributed by atoms with van der Waals surface area (Å²) in [7, 11) is 1.58. The minimum atomic E-state index is -1.28. The number of carbonyl (C=O) groups is 1. The Bertz CT molecular complexity index is 810. The van der Waals surface area contributed by atoms with Crippen LogP contribution < -0.4 is 15.6 Å². The number of methoxy groups -OCH3 is 1. The summed E-state index contributed by atoms with van der Waals surface area (Å²) >= 11 is 1.03. The zero-order valence-electron chi connectivity index (χ0n) is 9.97. The van der Waals surface area contributed by atoms with Gasteiger partial charge in [-0.3, -0.25) is 0 Å². The van der Waals surface area contributed by atoms with E-state index in [-0.39, 0.29) is 10.6 Å². The average Bonchev–Trinajstić information content (AvgIpc) is 2.73. The fraction of sp³-hybridized carbons (Fsp3) is 0.0769. The number of ether oxygens (including phenoxy) is 1. The molecule has 96 valence electrons. The van der Waals surface area contributed by atoms with Gasteiger partial charge in [0.15, 0.2) is 0 Å². The number of nitrogen functional groups attached to an aromatic ring is 1. The lowest BCUT2D eigenvalue weighted by atomic mass is 10.1. The van der Waals surface area contributed by atoms with E-state index in [0.29, 0.717) is 16.0 Å². The van der Waals surface area contributed by atoms with Crippen molar-refractivity contribution in [2.24, 2.45) is 0 Å². The first kappa shape index (κ1) is 11.7. The molecular weight excluding hydrogens is 264 g/mol. The van der Waals surface area contributed by atoms with Crippen LogP contribution in [0.1, 0.15) is 9.67 Å². The monoisotopic (exact) mass is 273 g/mol. The van der Waals surface area contributed by atoms with Crippen molar-refractivity contribution in [2.75, 3.05) is 12.8 Å². The van der Waals surface area contributed by atoms with Gasteiger partial charge in [0.25, 0.3) is 0 Å². The molecular formula is C13H9N2O3S-. The fourth-order valence-corrected chi connectivity index (χ4v) is 2.88. The fourth-order valence-electron chi connectivity index (χ4n) is 1.96. The second kappa shape index (κ2) is 4.10. The van der Waals surface area contributed by atoms with Crippen LogP contribution in [0.15, 0.2) is 24.3 Å². The third kappa shape index (κ3) is 1.77. The van der Waals surface area contributed by atoms with Crippen molar-refractivity contribution in [1.82, 2.24) is 4.98 Å². The van der Waals surface area contributed by atoms with Gasteiger partial charge in [-0.25, -0.2) is 4.98 Å². The van der Waals surface area contributed by atoms with E-state index < -0.39 is 5.97 Å². The number of hydrogen-bond acceptors (Lipinski definition) is 6. The van der Waals surface area contributed by atoms with E-state index in [9.17, 15) is 9.90 Å². The van der Waals surface area contributed by atoms with Gasteiger partial charge in [-0.1, -0.05) is 0 Å². The van der Waals surface area contributed by atoms with Crippen LogP contribution in [-0.2, 0) is 0 Å². The Morgan fingerprint density at radius 2 is 2.21 bits per heavy atom. The molecule has 3 rings (SSSR count). The summed E-state index contributed by atoms with van der Waals surface area (Å²) in [5.41, 5.74) is 6.79. The maximum absolute atomic E-state index is 11.0. The van der Waals surface area contributed by atoms with Crippen LogP contribution in [0.5, 0.6) is 5.75 Å². The molecule has 2 N–H and O–H groups in total. The Labute approximate surface area is 112 Å². The van der Waals surface area contributed by atoms with Crippen molar-refractivity contribution in [1.29, 1.82) is 0 Å². The van der Waals surface area contributed by atoms with Crippen LogP contribution in [0.2, 0.25) is 0 Å². The number of aromatic carboxylic acids is 1. The molecule has 0 aliphatic heterocycles. The lowest BCUT2D eigenvalue weighted by molar-refractivity contribution is -0.254. The minimum absolute atomic E-state index is 0.0183. The smallest absolute Gasteiger partial charge is 0.126 e. The molecule has 0 fully saturated rings. The molecule has 1 aromatic carbocycles. The predicted octanol–water partition coefficient (Wildman–Crippen LogP) is 1.40. The molecule has 5 nitrogen and oxygen atoms in total. The first-order valence-electron chi connectivity index (χ1n) is 5.48. The number of rotatable bonds is 2. The highest BCUT2D eigenvalue weighted by atomic mass is 32.1. The molecule has 0 atom stereocenters. The second-order valence-electron chi connectivity index (χ2n) is 4.03. The molecule has 2 aromatic heterocycles. The summed E-state index contributed by atoms with van der Waals surface area (Å²) in [6.07, 6.45) is 0. The van der Waals surface area contributed by atoms with Gasteiger partial charge in [-0.2, -0.15) is 0 Å². The van der Waals surface area contributed by atoms with E-state index in [4.69, 9.17) is 10.5 Å². The third-order valence-corrected chi connectivity index (χ3v) is 4.00. The van der Waals surface area contributed by atoms with Crippen molar-refractivity contribution in [3.05, 3.63) is 29.1 Å². The summed E-state index contributed by atoms with van der Waals surface area (Å²) in [5, 5.41) is 12.4. The Balaban J connectivity index is 2.35. The number of thiophene rings is 1. The van der Waals surface area contributed by atoms with Crippen LogP contribution in [0, 0.1) is 0 Å². The molecule has 0 bridgehead atoms. The number of anilines is 1. The van der Waals surface area contributed by atoms with Gasteiger partial charge < -0.3 is 20.4 Å². The quantitative estimate of drug-likeness (QED) is 0.762. The SMILES string of the molecule is COc1ccc2nc3sc(C(=O)[O-])c(N)c3cc2c1. The van der Waals surface area contributed by atoms with E-state index in [0.717, 1.165) is 22.2 Å². The summed E-state index contributed by atoms with van der Waals surface area (Å²) in [4.78, 5) is 16.0. The molecule has 0 radical (unpaired) electrons. The van der Waals surface area contributed by atoms with Gasteiger partial charge in [0, 0.05) is 10.8 Å². The lowest BCUT2D eigenvalue weighted by Crippen LogP contribution is -2.21. The Hall–Kier alpha value is -2.34. The maximum atomic E-state index is 11.0. The van der Waals surface area contributed by atoms with E-state index in [1.807, 2.05) is 18.2 Å². The molecule has 19 heavy (non-hydrogen) atoms. The van der Waals surface area contributed by atoms with Crippen molar-refractivity contribution < 1.29 is 14.6 Å². The van der Waals surface area contributed by atoms with E-state index >= 15 is 0 Å². The first-order valence-corrected chi connectivity index (χ1v) is 6.30. The molecule has 0 saturated heterocycles. The molecule has 0 saturated carbocycles. The molecule has 2 heterocycles. The van der Waals surface area contributed by atoms with Gasteiger partial charge in [0.1, 0.15) is 10.6 Å². The first-order chi connectivity index (χ1) is 9.10. The third-order valence-electron chi connectivity index (χ3n) is 2.91. The number of pyridine rings is 1. The molecule has 0 amide bonds. The number of hydrogen-bond donors (Lipinski definition) is 1. The molecule has 0 unspecified atom stereocenters. The molecule has 6 heteroatoms. The zero-order valence-corrected chi connectivity index (χ0v) is 10.8. The van der Waals surface area contributed by atoms with Crippen molar-refractivity contribution >= 4 is 44.1 Å². The summed E-state index contributed by atoms with van der Waals surface area (Å²) in [6.45, 7) is 0. The van der Waals surface area contributed by atoms with Crippen molar-refractivity contribution in [3.63, 3.8) is 0 Å². The number of carboxylic acids is 1. The van der Waals surface area contributed by atoms with Crippen molar-refractivity contribution in [2.45, 2.75) is 0 Å². The standard InChI is InChI=1S/C13H10N2O3S/c1-18-7-2-3-9-6(4-7)5-8-10(14)11(13(16)17)19-12(8)15-9/h2-5H,14H2,1H3,(H,16,17)/p-1. The highest BCUT2D eigenvalue weighted by Crippen LogP contribution is 2.34. The van der Waals surface area contributed by atoms with E-state index in [1.165, 1.54) is 0 Å². The zero-order chi connectivity index (χ0) is 13.6. The number of carboxylic acid groups (broad SMARTS) is 1. The van der Waals surface area contributed by atoms with Gasteiger partial charge in [-0.05, 0) is 24.3 Å². The second-order valence-corrected chi connectivity index (χ2v) is 5.03. The normalized spacial score (nSPS) is 11.0. The van der Waals surface area contributed by atoms with Crippen LogP contribution >= 0.6 is 11.3 Å². The van der Waals surface area contributed by atoms with Gasteiger partial charge in [0.05, 0.1) is 29.2 Å². The number of carbonyl (C=O) groups excluding carboxylic acids is 1. The van der Waals surface area contributed by atoms with Crippen LogP contribution in [0.3, 0.4) is 0 Å². The lowest BCUT2D eigenvalue weighted by Gasteiger charge is -2.02. The topological polar surface area (TPSA) is 88.3 Å². The number of nitrogens with two attached hydrogens (primary N) is 1. The van der Waals surface area contributed by atoms with Gasteiger partial charge in [-0.15, -0.1) is 11.3 Å². The average molecular weight is 273 g/mol. The van der Waals surface area contributed by atoms with Crippen molar-refractivity contribution in [3.8, 4) is 5.75 Å².